The summed E-state index contributed by atoms with van der Waals surface area (Å²) in [6.45, 7) is 0.908. The van der Waals surface area contributed by atoms with Gasteiger partial charge in [-0.1, -0.05) is 25.0 Å². The van der Waals surface area contributed by atoms with Crippen molar-refractivity contribution >= 4 is 42.5 Å². The molecule has 0 aliphatic heterocycles. The Labute approximate surface area is 358 Å². The number of nitrogens with zero attached hydrogens (tertiary/aromatic N) is 5. The van der Waals surface area contributed by atoms with Gasteiger partial charge in [-0.15, -0.1) is 0 Å². The van der Waals surface area contributed by atoms with Crippen molar-refractivity contribution in [2.24, 2.45) is 11.8 Å². The predicted octanol–water partition coefficient (Wildman–Crippen LogP) is 7.26. The molecule has 1 saturated carbocycles. The standard InChI is InChI=1S/C40H35F10N7O5S2/c1-19-29-30-34(40(48,49)50)53-56(35(30)39(46,47)31(19)29)17-28(58)52-27(15-20-13-21(41)16-22(42)14-20)32-24(10-9-23(51-32)11-12-37(2,3)63(4,59)60)25-7-6-8-26-33(25)57(18-38(43,44)45)54-36(26)55-64(5,61)62/h6-10,13-14,16,19,27,29,31H,15,17-18H2,1-5H3,(H,52,58)(H,54,55)/t19-,27+,29-,31-/m1/s1. The lowest BCUT2D eigenvalue weighted by Gasteiger charge is -2.23. The predicted molar refractivity (Wildman–Crippen MR) is 211 cm³/mol. The Morgan fingerprint density at radius 3 is 2.17 bits per heavy atom. The van der Waals surface area contributed by atoms with E-state index >= 15 is 8.78 Å². The highest BCUT2D eigenvalue weighted by Gasteiger charge is 2.72. The highest BCUT2D eigenvalue weighted by molar-refractivity contribution is 7.92. The number of aromatic nitrogens is 5. The van der Waals surface area contributed by atoms with Crippen LogP contribution in [0.3, 0.4) is 0 Å². The third-order valence-corrected chi connectivity index (χ3v) is 13.6. The molecule has 2 aromatic carbocycles. The minimum absolute atomic E-state index is 0.144. The van der Waals surface area contributed by atoms with E-state index in [0.717, 1.165) is 24.6 Å². The molecule has 2 aliphatic carbocycles. The van der Waals surface area contributed by atoms with Crippen molar-refractivity contribution in [3.63, 3.8) is 0 Å². The number of pyridine rings is 1. The molecular weight excluding hydrogens is 913 g/mol. The van der Waals surface area contributed by atoms with Gasteiger partial charge in [0.1, 0.15) is 40.9 Å². The topological polar surface area (TPSA) is 158 Å². The Balaban J connectivity index is 1.43. The van der Waals surface area contributed by atoms with Crippen LogP contribution in [0.5, 0.6) is 0 Å². The van der Waals surface area contributed by atoms with E-state index in [1.165, 1.54) is 51.1 Å². The number of nitrogens with one attached hydrogen (secondary N) is 2. The first kappa shape index (κ1) is 46.3. The molecule has 0 bridgehead atoms. The molecule has 0 unspecified atom stereocenters. The summed E-state index contributed by atoms with van der Waals surface area (Å²) in [5, 5.41) is 9.58. The van der Waals surface area contributed by atoms with Crippen molar-refractivity contribution in [1.82, 2.24) is 29.9 Å². The summed E-state index contributed by atoms with van der Waals surface area (Å²) in [6.07, 6.45) is -9.10. The molecule has 4 atom stereocenters. The van der Waals surface area contributed by atoms with Crippen molar-refractivity contribution in [3.8, 4) is 23.0 Å². The molecule has 12 nitrogen and oxygen atoms in total. The van der Waals surface area contributed by atoms with Crippen LogP contribution >= 0.6 is 0 Å². The third kappa shape index (κ3) is 9.00. The Morgan fingerprint density at radius 1 is 0.922 bits per heavy atom. The van der Waals surface area contributed by atoms with Crippen LogP contribution in [-0.4, -0.2) is 70.7 Å². The summed E-state index contributed by atoms with van der Waals surface area (Å²) in [6, 6.07) is 6.87. The van der Waals surface area contributed by atoms with Crippen molar-refractivity contribution in [3.05, 3.63) is 94.1 Å². The smallest absolute Gasteiger partial charge is 0.346 e. The van der Waals surface area contributed by atoms with Crippen molar-refractivity contribution in [1.29, 1.82) is 0 Å². The second-order valence-corrected chi connectivity index (χ2v) is 20.6. The van der Waals surface area contributed by atoms with E-state index in [-0.39, 0.29) is 43.7 Å². The van der Waals surface area contributed by atoms with Crippen LogP contribution in [0.25, 0.3) is 22.0 Å². The van der Waals surface area contributed by atoms with Gasteiger partial charge in [0, 0.05) is 46.2 Å². The molecule has 5 aromatic rings. The van der Waals surface area contributed by atoms with Gasteiger partial charge < -0.3 is 5.32 Å². The fourth-order valence-electron chi connectivity index (χ4n) is 7.98. The highest BCUT2D eigenvalue weighted by atomic mass is 32.2. The lowest BCUT2D eigenvalue weighted by Crippen LogP contribution is -2.35. The SMILES string of the molecule is C[C@@H]1[C@@H]2c3c(C(F)(F)F)nn(CC(=O)N[C@@H](Cc4cc(F)cc(F)c4)c4nc(C#CC(C)(C)S(C)(=O)=O)ccc4-c4cccc5c(NS(C)(=O)=O)nn(CC(F)(F)F)c45)c3C(F)(F)[C@H]12. The van der Waals surface area contributed by atoms with E-state index in [2.05, 4.69) is 37.1 Å². The van der Waals surface area contributed by atoms with E-state index < -0.39 is 126 Å². The van der Waals surface area contributed by atoms with Gasteiger partial charge in [0.25, 0.3) is 5.92 Å². The maximum absolute atomic E-state index is 15.7. The molecule has 342 valence electrons. The number of carbonyl (C=O) groups is 1. The number of amides is 1. The number of para-hydroxylation sites is 1. The van der Waals surface area contributed by atoms with Gasteiger partial charge in [-0.2, -0.15) is 45.3 Å². The number of rotatable bonds is 11. The summed E-state index contributed by atoms with van der Waals surface area (Å²) in [5.41, 5.74) is -4.81. The Bertz CT molecular complexity index is 3000. The maximum atomic E-state index is 15.7. The van der Waals surface area contributed by atoms with Crippen LogP contribution < -0.4 is 10.0 Å². The molecule has 24 heteroatoms. The molecule has 2 aliphatic rings. The van der Waals surface area contributed by atoms with Crippen molar-refractivity contribution in [2.45, 2.75) is 75.3 Å². The Morgan fingerprint density at radius 2 is 1.58 bits per heavy atom. The number of sulfonamides is 1. The highest BCUT2D eigenvalue weighted by Crippen LogP contribution is 2.71. The second kappa shape index (κ2) is 15.5. The molecule has 64 heavy (non-hydrogen) atoms. The summed E-state index contributed by atoms with van der Waals surface area (Å²) < 4.78 is 196. The summed E-state index contributed by atoms with van der Waals surface area (Å²) >= 11 is 0. The molecule has 7 rings (SSSR count). The van der Waals surface area contributed by atoms with Crippen LogP contribution in [0.2, 0.25) is 0 Å². The number of sulfone groups is 1. The zero-order chi connectivity index (χ0) is 47.3. The molecule has 1 fully saturated rings. The minimum atomic E-state index is -5.19. The van der Waals surface area contributed by atoms with Crippen molar-refractivity contribution in [2.75, 3.05) is 17.2 Å². The van der Waals surface area contributed by atoms with Crippen LogP contribution in [0.4, 0.5) is 49.7 Å². The second-order valence-electron chi connectivity index (χ2n) is 16.3. The fourth-order valence-corrected chi connectivity index (χ4v) is 8.72. The van der Waals surface area contributed by atoms with E-state index in [1.54, 1.807) is 0 Å². The summed E-state index contributed by atoms with van der Waals surface area (Å²) in [7, 11) is -7.97. The molecule has 1 amide bonds. The number of fused-ring (bicyclic) bond motifs is 4. The fraction of sp³-hybridized carbons (Fsp3) is 0.400. The molecule has 0 radical (unpaired) electrons. The quantitative estimate of drug-likeness (QED) is 0.104. The first-order chi connectivity index (χ1) is 29.4. The minimum Gasteiger partial charge on any atom is -0.346 e. The van der Waals surface area contributed by atoms with Gasteiger partial charge in [-0.25, -0.2) is 30.6 Å². The number of alkyl halides is 8. The van der Waals surface area contributed by atoms with E-state index in [4.69, 9.17) is 0 Å². The average Bonchev–Trinajstić information content (AvgIpc) is 3.36. The van der Waals surface area contributed by atoms with Crippen molar-refractivity contribution < 1.29 is 65.5 Å². The van der Waals surface area contributed by atoms with Crippen LogP contribution in [0.15, 0.2) is 48.5 Å². The first-order valence-electron chi connectivity index (χ1n) is 18.9. The van der Waals surface area contributed by atoms with Gasteiger partial charge in [0.15, 0.2) is 21.3 Å². The van der Waals surface area contributed by atoms with Gasteiger partial charge in [0.05, 0.1) is 23.5 Å². The van der Waals surface area contributed by atoms with E-state index in [1.807, 2.05) is 0 Å². The monoisotopic (exact) mass is 947 g/mol. The summed E-state index contributed by atoms with van der Waals surface area (Å²) in [5.74, 6) is -6.11. The number of benzene rings is 2. The largest absolute Gasteiger partial charge is 0.435 e. The third-order valence-electron chi connectivity index (χ3n) is 11.0. The van der Waals surface area contributed by atoms with E-state index in [0.29, 0.717) is 10.7 Å². The zero-order valence-electron chi connectivity index (χ0n) is 33.9. The lowest BCUT2D eigenvalue weighted by molar-refractivity contribution is -0.143. The van der Waals surface area contributed by atoms with Crippen LogP contribution in [-0.2, 0) is 56.3 Å². The molecule has 3 aromatic heterocycles. The maximum Gasteiger partial charge on any atom is 0.435 e. The zero-order valence-corrected chi connectivity index (χ0v) is 35.6. The molecule has 0 spiro atoms. The molecular formula is C40H35F10N7O5S2. The number of carbonyl (C=O) groups excluding carboxylic acids is 1. The van der Waals surface area contributed by atoms with Crippen LogP contribution in [0, 0.1) is 35.3 Å². The van der Waals surface area contributed by atoms with Gasteiger partial charge in [-0.3, -0.25) is 18.9 Å². The number of anilines is 1. The average molecular weight is 948 g/mol. The molecule has 2 N–H and O–H groups in total. The van der Waals surface area contributed by atoms with Gasteiger partial charge >= 0.3 is 12.4 Å². The lowest BCUT2D eigenvalue weighted by atomic mass is 9.93. The molecule has 3 heterocycles. The van der Waals surface area contributed by atoms with Crippen LogP contribution in [0.1, 0.15) is 66.6 Å². The van der Waals surface area contributed by atoms with Gasteiger partial charge in [-0.05, 0) is 68.0 Å². The normalized spacial score (nSPS) is 18.8. The number of halogens is 10. The number of hydrogen-bond acceptors (Lipinski definition) is 8. The van der Waals surface area contributed by atoms with E-state index in [9.17, 15) is 56.8 Å². The Hall–Kier alpha value is -5.70. The van der Waals surface area contributed by atoms with Gasteiger partial charge in [0.2, 0.25) is 15.9 Å². The Kier molecular flexibility index (Phi) is 11.2. The molecule has 0 saturated heterocycles. The number of hydrogen-bond donors (Lipinski definition) is 2. The first-order valence-corrected chi connectivity index (χ1v) is 22.7. The summed E-state index contributed by atoms with van der Waals surface area (Å²) in [4.78, 5) is 18.6.